The Hall–Kier alpha value is -2.38. The molecule has 2 rings (SSSR count). The topological polar surface area (TPSA) is 57.0 Å². The number of esters is 1. The number of ether oxygens (including phenoxy) is 1. The molecule has 0 aliphatic rings. The minimum Gasteiger partial charge on any atom is -0.465 e. The Morgan fingerprint density at radius 2 is 2.05 bits per heavy atom. The zero-order chi connectivity index (χ0) is 14.9. The quantitative estimate of drug-likeness (QED) is 0.795. The molecule has 0 bridgehead atoms. The fraction of sp³-hybridized carbons (Fsp3) is 0.250. The van der Waals surface area contributed by atoms with Gasteiger partial charge < -0.3 is 4.74 Å². The number of halogens is 3. The lowest BCUT2D eigenvalue weighted by Crippen LogP contribution is -2.07. The van der Waals surface area contributed by atoms with Crippen LogP contribution in [0, 0.1) is 6.92 Å². The number of hydrogen-bond donors (Lipinski definition) is 0. The highest BCUT2D eigenvalue weighted by Crippen LogP contribution is 2.28. The van der Waals surface area contributed by atoms with Crippen molar-refractivity contribution < 1.29 is 22.7 Å². The Labute approximate surface area is 112 Å². The van der Waals surface area contributed by atoms with Crippen LogP contribution in [0.1, 0.15) is 21.6 Å². The molecule has 0 aliphatic carbocycles. The van der Waals surface area contributed by atoms with Gasteiger partial charge in [-0.25, -0.2) is 14.5 Å². The van der Waals surface area contributed by atoms with Gasteiger partial charge in [0.1, 0.15) is 5.56 Å². The zero-order valence-electron chi connectivity index (χ0n) is 10.6. The van der Waals surface area contributed by atoms with Crippen molar-refractivity contribution in [1.29, 1.82) is 0 Å². The van der Waals surface area contributed by atoms with E-state index in [1.807, 2.05) is 0 Å². The molecule has 0 N–H and O–H groups in total. The van der Waals surface area contributed by atoms with E-state index in [2.05, 4.69) is 14.8 Å². The Morgan fingerprint density at radius 3 is 2.55 bits per heavy atom. The van der Waals surface area contributed by atoms with E-state index < -0.39 is 17.7 Å². The third-order valence-electron chi connectivity index (χ3n) is 2.61. The van der Waals surface area contributed by atoms with Crippen molar-refractivity contribution in [2.75, 3.05) is 7.11 Å². The first-order chi connectivity index (χ1) is 9.32. The highest BCUT2D eigenvalue weighted by Gasteiger charge is 2.30. The largest absolute Gasteiger partial charge is 0.465 e. The fourth-order valence-electron chi connectivity index (χ4n) is 1.58. The predicted molar refractivity (Wildman–Crippen MR) is 62.4 cm³/mol. The average molecular weight is 285 g/mol. The SMILES string of the molecule is COC(=O)c1cn(-c2ccc(C(F)(F)F)cn2)nc1C. The van der Waals surface area contributed by atoms with E-state index in [1.165, 1.54) is 24.1 Å². The maximum Gasteiger partial charge on any atom is 0.417 e. The van der Waals surface area contributed by atoms with E-state index in [4.69, 9.17) is 0 Å². The van der Waals surface area contributed by atoms with Gasteiger partial charge in [0.25, 0.3) is 0 Å². The summed E-state index contributed by atoms with van der Waals surface area (Å²) >= 11 is 0. The summed E-state index contributed by atoms with van der Waals surface area (Å²) in [4.78, 5) is 15.1. The Balaban J connectivity index is 2.35. The number of carbonyl (C=O) groups is 1. The molecule has 2 heterocycles. The lowest BCUT2D eigenvalue weighted by atomic mass is 10.2. The van der Waals surface area contributed by atoms with Crippen LogP contribution in [0.5, 0.6) is 0 Å². The van der Waals surface area contributed by atoms with E-state index in [-0.39, 0.29) is 11.4 Å². The monoisotopic (exact) mass is 285 g/mol. The molecule has 5 nitrogen and oxygen atoms in total. The Bertz CT molecular complexity index is 632. The van der Waals surface area contributed by atoms with Crippen LogP contribution in [0.25, 0.3) is 5.82 Å². The van der Waals surface area contributed by atoms with Crippen LogP contribution in [0.2, 0.25) is 0 Å². The normalized spacial score (nSPS) is 11.4. The van der Waals surface area contributed by atoms with E-state index in [1.54, 1.807) is 6.92 Å². The van der Waals surface area contributed by atoms with Gasteiger partial charge in [0.2, 0.25) is 0 Å². The highest BCUT2D eigenvalue weighted by molar-refractivity contribution is 5.90. The maximum atomic E-state index is 12.4. The molecule has 0 spiro atoms. The molecule has 0 atom stereocenters. The molecule has 20 heavy (non-hydrogen) atoms. The smallest absolute Gasteiger partial charge is 0.417 e. The van der Waals surface area contributed by atoms with E-state index in [0.29, 0.717) is 11.9 Å². The van der Waals surface area contributed by atoms with Crippen molar-refractivity contribution in [3.63, 3.8) is 0 Å². The van der Waals surface area contributed by atoms with Gasteiger partial charge in [-0.3, -0.25) is 0 Å². The van der Waals surface area contributed by atoms with Crippen LogP contribution in [-0.4, -0.2) is 27.8 Å². The number of methoxy groups -OCH3 is 1. The average Bonchev–Trinajstić information content (AvgIpc) is 2.79. The summed E-state index contributed by atoms with van der Waals surface area (Å²) in [5.74, 6) is -0.392. The molecule has 2 aromatic heterocycles. The zero-order valence-corrected chi connectivity index (χ0v) is 10.6. The van der Waals surface area contributed by atoms with Crippen LogP contribution >= 0.6 is 0 Å². The number of aryl methyl sites for hydroxylation is 1. The summed E-state index contributed by atoms with van der Waals surface area (Å²) in [6, 6.07) is 2.08. The van der Waals surface area contributed by atoms with Gasteiger partial charge in [0, 0.05) is 12.4 Å². The first kappa shape index (κ1) is 14.0. The summed E-state index contributed by atoms with van der Waals surface area (Å²) in [6.07, 6.45) is -2.37. The van der Waals surface area contributed by atoms with Gasteiger partial charge in [-0.15, -0.1) is 0 Å². The minimum absolute atomic E-state index is 0.177. The van der Waals surface area contributed by atoms with Crippen LogP contribution in [-0.2, 0) is 10.9 Å². The number of aromatic nitrogens is 3. The summed E-state index contributed by atoms with van der Waals surface area (Å²) in [5, 5.41) is 4.01. The van der Waals surface area contributed by atoms with Crippen LogP contribution in [0.4, 0.5) is 13.2 Å². The van der Waals surface area contributed by atoms with Crippen molar-refractivity contribution in [2.45, 2.75) is 13.1 Å². The summed E-state index contributed by atoms with van der Waals surface area (Å²) in [5.41, 5.74) is -0.217. The van der Waals surface area contributed by atoms with E-state index in [0.717, 1.165) is 6.07 Å². The van der Waals surface area contributed by atoms with Crippen LogP contribution < -0.4 is 0 Å². The summed E-state index contributed by atoms with van der Waals surface area (Å²) in [7, 11) is 1.23. The second-order valence-electron chi connectivity index (χ2n) is 3.97. The van der Waals surface area contributed by atoms with Crippen molar-refractivity contribution in [3.8, 4) is 5.82 Å². The standard InChI is InChI=1S/C12H10F3N3O2/c1-7-9(11(19)20-2)6-18(17-7)10-4-3-8(5-16-10)12(13,14)15/h3-6H,1-2H3. The molecule has 8 heteroatoms. The second kappa shape index (κ2) is 4.95. The molecule has 106 valence electrons. The lowest BCUT2D eigenvalue weighted by Gasteiger charge is -2.06. The molecule has 0 unspecified atom stereocenters. The molecule has 0 radical (unpaired) electrons. The van der Waals surface area contributed by atoms with E-state index in [9.17, 15) is 18.0 Å². The molecular formula is C12H10F3N3O2. The summed E-state index contributed by atoms with van der Waals surface area (Å²) in [6.45, 7) is 1.59. The van der Waals surface area contributed by atoms with Crippen LogP contribution in [0.15, 0.2) is 24.5 Å². The Kier molecular flexibility index (Phi) is 3.47. The number of pyridine rings is 1. The van der Waals surface area contributed by atoms with Crippen molar-refractivity contribution >= 4 is 5.97 Å². The van der Waals surface area contributed by atoms with Crippen LogP contribution in [0.3, 0.4) is 0 Å². The third kappa shape index (κ3) is 2.63. The van der Waals surface area contributed by atoms with Gasteiger partial charge in [0.05, 0.1) is 18.4 Å². The number of hydrogen-bond acceptors (Lipinski definition) is 4. The summed E-state index contributed by atoms with van der Waals surface area (Å²) < 4.78 is 43.0. The van der Waals surface area contributed by atoms with Gasteiger partial charge in [-0.2, -0.15) is 18.3 Å². The van der Waals surface area contributed by atoms with Gasteiger partial charge in [0.15, 0.2) is 5.82 Å². The molecule has 0 saturated carbocycles. The maximum absolute atomic E-state index is 12.4. The van der Waals surface area contributed by atoms with Crippen molar-refractivity contribution in [1.82, 2.24) is 14.8 Å². The Morgan fingerprint density at radius 1 is 1.35 bits per heavy atom. The first-order valence-electron chi connectivity index (χ1n) is 5.51. The number of alkyl halides is 3. The minimum atomic E-state index is -4.44. The second-order valence-corrected chi connectivity index (χ2v) is 3.97. The number of carbonyl (C=O) groups excluding carboxylic acids is 1. The first-order valence-corrected chi connectivity index (χ1v) is 5.51. The van der Waals surface area contributed by atoms with Crippen molar-refractivity contribution in [3.05, 3.63) is 41.3 Å². The molecule has 0 fully saturated rings. The number of nitrogens with zero attached hydrogens (tertiary/aromatic N) is 3. The molecule has 0 saturated heterocycles. The molecule has 0 amide bonds. The van der Waals surface area contributed by atoms with Gasteiger partial charge in [-0.05, 0) is 19.1 Å². The fourth-order valence-corrected chi connectivity index (χ4v) is 1.58. The lowest BCUT2D eigenvalue weighted by molar-refractivity contribution is -0.137. The van der Waals surface area contributed by atoms with E-state index >= 15 is 0 Å². The predicted octanol–water partition coefficient (Wildman–Crippen LogP) is 2.38. The number of rotatable bonds is 2. The molecule has 2 aromatic rings. The third-order valence-corrected chi connectivity index (χ3v) is 2.61. The molecule has 0 aromatic carbocycles. The molecular weight excluding hydrogens is 275 g/mol. The van der Waals surface area contributed by atoms with Crippen molar-refractivity contribution in [2.24, 2.45) is 0 Å². The van der Waals surface area contributed by atoms with Gasteiger partial charge >= 0.3 is 12.1 Å². The molecule has 0 aliphatic heterocycles. The van der Waals surface area contributed by atoms with Gasteiger partial charge in [-0.1, -0.05) is 0 Å². The highest BCUT2D eigenvalue weighted by atomic mass is 19.4.